The van der Waals surface area contributed by atoms with Crippen LogP contribution in [0, 0.1) is 0 Å². The second kappa shape index (κ2) is 7.07. The third kappa shape index (κ3) is 6.07. The number of carbonyl (C=O) groups excluding carboxylic acids is 2. The van der Waals surface area contributed by atoms with Crippen molar-refractivity contribution in [1.82, 2.24) is 0 Å². The Morgan fingerprint density at radius 1 is 1.35 bits per heavy atom. The summed E-state index contributed by atoms with van der Waals surface area (Å²) in [5.74, 6) is -0.631. The standard InChI is InChI=1S/C13H15ClO3/c1-10(15)8-13(16)17-7-3-5-11-4-2-6-12(14)9-11/h2,4,6,9H,3,5,7-8H2,1H3. The van der Waals surface area contributed by atoms with Crippen LogP contribution < -0.4 is 0 Å². The predicted molar refractivity (Wildman–Crippen MR) is 66.0 cm³/mol. The van der Waals surface area contributed by atoms with E-state index in [1.165, 1.54) is 6.92 Å². The summed E-state index contributed by atoms with van der Waals surface area (Å²) in [5.41, 5.74) is 1.11. The van der Waals surface area contributed by atoms with Crippen molar-refractivity contribution in [2.24, 2.45) is 0 Å². The van der Waals surface area contributed by atoms with Gasteiger partial charge < -0.3 is 4.74 Å². The predicted octanol–water partition coefficient (Wildman–Crippen LogP) is 2.79. The molecule has 92 valence electrons. The molecule has 0 aromatic heterocycles. The van der Waals surface area contributed by atoms with E-state index in [9.17, 15) is 9.59 Å². The number of halogens is 1. The zero-order valence-corrected chi connectivity index (χ0v) is 10.5. The van der Waals surface area contributed by atoms with Gasteiger partial charge in [0.1, 0.15) is 12.2 Å². The number of esters is 1. The van der Waals surface area contributed by atoms with Gasteiger partial charge in [0.15, 0.2) is 0 Å². The zero-order chi connectivity index (χ0) is 12.7. The zero-order valence-electron chi connectivity index (χ0n) is 9.74. The van der Waals surface area contributed by atoms with Crippen molar-refractivity contribution in [3.63, 3.8) is 0 Å². The van der Waals surface area contributed by atoms with Gasteiger partial charge in [0.2, 0.25) is 0 Å². The summed E-state index contributed by atoms with van der Waals surface area (Å²) in [7, 11) is 0. The highest BCUT2D eigenvalue weighted by Gasteiger charge is 2.05. The van der Waals surface area contributed by atoms with Crippen LogP contribution in [-0.4, -0.2) is 18.4 Å². The molecular formula is C13H15ClO3. The summed E-state index contributed by atoms with van der Waals surface area (Å²) >= 11 is 5.84. The average molecular weight is 255 g/mol. The Morgan fingerprint density at radius 2 is 2.12 bits per heavy atom. The van der Waals surface area contributed by atoms with Crippen LogP contribution in [0.2, 0.25) is 5.02 Å². The number of carbonyl (C=O) groups is 2. The lowest BCUT2D eigenvalue weighted by Gasteiger charge is -2.04. The highest BCUT2D eigenvalue weighted by molar-refractivity contribution is 6.30. The molecule has 0 aliphatic carbocycles. The van der Waals surface area contributed by atoms with E-state index in [-0.39, 0.29) is 12.2 Å². The number of hydrogen-bond donors (Lipinski definition) is 0. The smallest absolute Gasteiger partial charge is 0.313 e. The van der Waals surface area contributed by atoms with Gasteiger partial charge in [-0.2, -0.15) is 0 Å². The van der Waals surface area contributed by atoms with Crippen LogP contribution in [-0.2, 0) is 20.7 Å². The van der Waals surface area contributed by atoms with E-state index in [1.54, 1.807) is 0 Å². The van der Waals surface area contributed by atoms with Crippen molar-refractivity contribution in [3.8, 4) is 0 Å². The molecule has 1 aromatic rings. The first-order chi connectivity index (χ1) is 8.08. The normalized spacial score (nSPS) is 10.0. The molecule has 4 heteroatoms. The van der Waals surface area contributed by atoms with Gasteiger partial charge in [-0.15, -0.1) is 0 Å². The van der Waals surface area contributed by atoms with Crippen molar-refractivity contribution in [2.45, 2.75) is 26.2 Å². The maximum absolute atomic E-state index is 11.1. The van der Waals surface area contributed by atoms with E-state index in [0.29, 0.717) is 11.6 Å². The maximum Gasteiger partial charge on any atom is 0.313 e. The van der Waals surface area contributed by atoms with Crippen molar-refractivity contribution in [3.05, 3.63) is 34.9 Å². The van der Waals surface area contributed by atoms with Gasteiger partial charge in [-0.25, -0.2) is 0 Å². The lowest BCUT2D eigenvalue weighted by Crippen LogP contribution is -2.10. The van der Waals surface area contributed by atoms with Gasteiger partial charge >= 0.3 is 5.97 Å². The van der Waals surface area contributed by atoms with Crippen LogP contribution in [0.25, 0.3) is 0 Å². The lowest BCUT2D eigenvalue weighted by molar-refractivity contribution is -0.145. The Labute approximate surface area is 106 Å². The molecule has 0 heterocycles. The molecule has 3 nitrogen and oxygen atoms in total. The largest absolute Gasteiger partial charge is 0.465 e. The van der Waals surface area contributed by atoms with Crippen molar-refractivity contribution in [2.75, 3.05) is 6.61 Å². The van der Waals surface area contributed by atoms with Crippen LogP contribution in [0.4, 0.5) is 0 Å². The Balaban J connectivity index is 2.20. The SMILES string of the molecule is CC(=O)CC(=O)OCCCc1cccc(Cl)c1. The molecule has 0 amide bonds. The van der Waals surface area contributed by atoms with E-state index in [2.05, 4.69) is 0 Å². The Hall–Kier alpha value is -1.35. The minimum atomic E-state index is -0.455. The van der Waals surface area contributed by atoms with Crippen LogP contribution in [0.3, 0.4) is 0 Å². The Morgan fingerprint density at radius 3 is 2.76 bits per heavy atom. The van der Waals surface area contributed by atoms with Crippen molar-refractivity contribution < 1.29 is 14.3 Å². The van der Waals surface area contributed by atoms with Gasteiger partial charge in [-0.1, -0.05) is 23.7 Å². The molecule has 1 aromatic carbocycles. The van der Waals surface area contributed by atoms with Crippen molar-refractivity contribution in [1.29, 1.82) is 0 Å². The van der Waals surface area contributed by atoms with Gasteiger partial charge in [0.25, 0.3) is 0 Å². The molecular weight excluding hydrogens is 240 g/mol. The van der Waals surface area contributed by atoms with Crippen LogP contribution >= 0.6 is 11.6 Å². The molecule has 0 N–H and O–H groups in total. The molecule has 0 bridgehead atoms. The Kier molecular flexibility index (Phi) is 5.70. The summed E-state index contributed by atoms with van der Waals surface area (Å²) in [6.45, 7) is 1.70. The fourth-order valence-corrected chi connectivity index (χ4v) is 1.62. The molecule has 0 unspecified atom stereocenters. The lowest BCUT2D eigenvalue weighted by atomic mass is 10.1. The van der Waals surface area contributed by atoms with E-state index >= 15 is 0 Å². The second-order valence-electron chi connectivity index (χ2n) is 3.83. The molecule has 17 heavy (non-hydrogen) atoms. The first-order valence-corrected chi connectivity index (χ1v) is 5.85. The monoisotopic (exact) mass is 254 g/mol. The topological polar surface area (TPSA) is 43.4 Å². The third-order valence-electron chi connectivity index (χ3n) is 2.16. The quantitative estimate of drug-likeness (QED) is 0.445. The summed E-state index contributed by atoms with van der Waals surface area (Å²) in [6, 6.07) is 7.57. The molecule has 0 spiro atoms. The molecule has 0 atom stereocenters. The number of Topliss-reactive ketones (excluding diaryl/α,β-unsaturated/α-hetero) is 1. The molecule has 0 radical (unpaired) electrons. The molecule has 0 aliphatic rings. The highest BCUT2D eigenvalue weighted by Crippen LogP contribution is 2.12. The maximum atomic E-state index is 11.1. The summed E-state index contributed by atoms with van der Waals surface area (Å²) in [5, 5.41) is 0.705. The van der Waals surface area contributed by atoms with Crippen molar-refractivity contribution >= 4 is 23.4 Å². The molecule has 0 fully saturated rings. The number of rotatable bonds is 6. The second-order valence-corrected chi connectivity index (χ2v) is 4.27. The van der Waals surface area contributed by atoms with Crippen LogP contribution in [0.5, 0.6) is 0 Å². The van der Waals surface area contributed by atoms with Crippen LogP contribution in [0.1, 0.15) is 25.3 Å². The van der Waals surface area contributed by atoms with Gasteiger partial charge in [0, 0.05) is 5.02 Å². The molecule has 0 aliphatic heterocycles. The van der Waals surface area contributed by atoms with E-state index in [1.807, 2.05) is 24.3 Å². The number of aryl methyl sites for hydroxylation is 1. The summed E-state index contributed by atoms with van der Waals surface area (Å²) in [6.07, 6.45) is 1.38. The molecule has 1 rings (SSSR count). The van der Waals surface area contributed by atoms with Gasteiger partial charge in [0.05, 0.1) is 6.61 Å². The van der Waals surface area contributed by atoms with E-state index in [0.717, 1.165) is 18.4 Å². The average Bonchev–Trinajstić information content (AvgIpc) is 2.23. The molecule has 0 saturated heterocycles. The minimum absolute atomic E-state index is 0.142. The number of ketones is 1. The van der Waals surface area contributed by atoms with E-state index < -0.39 is 5.97 Å². The van der Waals surface area contributed by atoms with Gasteiger partial charge in [-0.05, 0) is 37.5 Å². The van der Waals surface area contributed by atoms with E-state index in [4.69, 9.17) is 16.3 Å². The summed E-state index contributed by atoms with van der Waals surface area (Å²) in [4.78, 5) is 21.7. The highest BCUT2D eigenvalue weighted by atomic mass is 35.5. The fraction of sp³-hybridized carbons (Fsp3) is 0.385. The number of benzene rings is 1. The van der Waals surface area contributed by atoms with Gasteiger partial charge in [-0.3, -0.25) is 9.59 Å². The van der Waals surface area contributed by atoms with Crippen LogP contribution in [0.15, 0.2) is 24.3 Å². The fourth-order valence-electron chi connectivity index (χ4n) is 1.41. The molecule has 0 saturated carbocycles. The minimum Gasteiger partial charge on any atom is -0.465 e. The number of hydrogen-bond acceptors (Lipinski definition) is 3. The first kappa shape index (κ1) is 13.7. The Bertz CT molecular complexity index is 401. The summed E-state index contributed by atoms with van der Waals surface area (Å²) < 4.78 is 4.91. The number of ether oxygens (including phenoxy) is 1. The third-order valence-corrected chi connectivity index (χ3v) is 2.39. The first-order valence-electron chi connectivity index (χ1n) is 5.47.